The van der Waals surface area contributed by atoms with Crippen LogP contribution >= 0.6 is 24.0 Å². The number of anilines is 1. The van der Waals surface area contributed by atoms with Crippen LogP contribution in [0, 0.1) is 0 Å². The minimum atomic E-state index is 0. The van der Waals surface area contributed by atoms with Gasteiger partial charge >= 0.3 is 0 Å². The Morgan fingerprint density at radius 3 is 2.63 bits per heavy atom. The fourth-order valence-corrected chi connectivity index (χ4v) is 1.47. The minimum Gasteiger partial charge on any atom is -0.363 e. The van der Waals surface area contributed by atoms with Crippen molar-refractivity contribution in [3.8, 4) is 0 Å². The number of halogens is 1. The zero-order valence-electron chi connectivity index (χ0n) is 12.3. The van der Waals surface area contributed by atoms with Gasteiger partial charge in [0, 0.05) is 39.9 Å². The zero-order chi connectivity index (χ0) is 13.5. The van der Waals surface area contributed by atoms with Crippen LogP contribution in [0.1, 0.15) is 19.4 Å². The Kier molecular flexibility index (Phi) is 8.46. The fraction of sp³-hybridized carbons (Fsp3) is 0.538. The molecule has 0 aliphatic heterocycles. The van der Waals surface area contributed by atoms with Crippen molar-refractivity contribution in [2.24, 2.45) is 4.99 Å². The van der Waals surface area contributed by atoms with Crippen molar-refractivity contribution < 1.29 is 0 Å². The molecule has 108 valence electrons. The maximum Gasteiger partial charge on any atom is 0.191 e. The number of hydrogen-bond acceptors (Lipinski definition) is 3. The smallest absolute Gasteiger partial charge is 0.191 e. The second-order valence-corrected chi connectivity index (χ2v) is 4.64. The summed E-state index contributed by atoms with van der Waals surface area (Å²) < 4.78 is 0. The lowest BCUT2D eigenvalue weighted by Gasteiger charge is -2.15. The Morgan fingerprint density at radius 2 is 2.11 bits per heavy atom. The van der Waals surface area contributed by atoms with Gasteiger partial charge in [-0.05, 0) is 31.5 Å². The van der Waals surface area contributed by atoms with Crippen molar-refractivity contribution in [1.82, 2.24) is 15.6 Å². The highest BCUT2D eigenvalue weighted by molar-refractivity contribution is 14.0. The second kappa shape index (κ2) is 8.95. The number of guanidine groups is 1. The molecule has 0 saturated carbocycles. The number of aromatic nitrogens is 1. The molecule has 1 aromatic rings. The van der Waals surface area contributed by atoms with E-state index in [0.29, 0.717) is 6.04 Å². The highest BCUT2D eigenvalue weighted by atomic mass is 127. The van der Waals surface area contributed by atoms with Crippen LogP contribution in [0.2, 0.25) is 0 Å². The molecule has 5 nitrogen and oxygen atoms in total. The van der Waals surface area contributed by atoms with Gasteiger partial charge in [0.2, 0.25) is 0 Å². The van der Waals surface area contributed by atoms with E-state index in [9.17, 15) is 0 Å². The first kappa shape index (κ1) is 17.9. The van der Waals surface area contributed by atoms with Crippen molar-refractivity contribution in [1.29, 1.82) is 0 Å². The van der Waals surface area contributed by atoms with Crippen molar-refractivity contribution >= 4 is 35.8 Å². The molecule has 1 rings (SSSR count). The van der Waals surface area contributed by atoms with Crippen LogP contribution in [0.3, 0.4) is 0 Å². The lowest BCUT2D eigenvalue weighted by Crippen LogP contribution is -2.40. The summed E-state index contributed by atoms with van der Waals surface area (Å²) in [5.74, 6) is 1.77. The number of rotatable bonds is 4. The summed E-state index contributed by atoms with van der Waals surface area (Å²) in [6, 6.07) is 4.43. The first-order chi connectivity index (χ1) is 8.52. The van der Waals surface area contributed by atoms with Gasteiger partial charge in [0.05, 0.1) is 0 Å². The van der Waals surface area contributed by atoms with Crippen molar-refractivity contribution in [2.75, 3.05) is 26.0 Å². The molecule has 0 aliphatic rings. The Morgan fingerprint density at radius 1 is 1.42 bits per heavy atom. The predicted molar refractivity (Wildman–Crippen MR) is 92.4 cm³/mol. The largest absolute Gasteiger partial charge is 0.363 e. The van der Waals surface area contributed by atoms with Crippen molar-refractivity contribution in [3.63, 3.8) is 0 Å². The zero-order valence-corrected chi connectivity index (χ0v) is 14.6. The number of aliphatic imine (C=N–C) groups is 1. The average molecular weight is 377 g/mol. The van der Waals surface area contributed by atoms with Gasteiger partial charge in [-0.15, -0.1) is 24.0 Å². The maximum atomic E-state index is 4.29. The number of nitrogens with one attached hydrogen (secondary N) is 2. The fourth-order valence-electron chi connectivity index (χ4n) is 1.47. The van der Waals surface area contributed by atoms with Crippen LogP contribution in [-0.2, 0) is 6.54 Å². The Labute approximate surface area is 132 Å². The van der Waals surface area contributed by atoms with Crippen LogP contribution in [0.15, 0.2) is 23.3 Å². The van der Waals surface area contributed by atoms with E-state index in [4.69, 9.17) is 0 Å². The third kappa shape index (κ3) is 6.60. The number of pyridine rings is 1. The van der Waals surface area contributed by atoms with Gasteiger partial charge in [-0.25, -0.2) is 4.98 Å². The monoisotopic (exact) mass is 377 g/mol. The molecule has 1 heterocycles. The molecule has 0 radical (unpaired) electrons. The highest BCUT2D eigenvalue weighted by Crippen LogP contribution is 2.08. The first-order valence-electron chi connectivity index (χ1n) is 6.12. The molecule has 6 heteroatoms. The van der Waals surface area contributed by atoms with Crippen molar-refractivity contribution in [3.05, 3.63) is 23.9 Å². The van der Waals surface area contributed by atoms with E-state index >= 15 is 0 Å². The molecule has 0 fully saturated rings. The summed E-state index contributed by atoms with van der Waals surface area (Å²) >= 11 is 0. The molecule has 0 saturated heterocycles. The molecule has 0 aromatic carbocycles. The maximum absolute atomic E-state index is 4.29. The average Bonchev–Trinajstić information content (AvgIpc) is 2.34. The highest BCUT2D eigenvalue weighted by Gasteiger charge is 2.02. The molecular formula is C13H24IN5. The summed E-state index contributed by atoms with van der Waals surface area (Å²) in [7, 11) is 5.74. The Balaban J connectivity index is 0.00000324. The summed E-state index contributed by atoms with van der Waals surface area (Å²) in [4.78, 5) is 10.4. The molecule has 0 aliphatic carbocycles. The van der Waals surface area contributed by atoms with E-state index in [2.05, 4.69) is 40.5 Å². The lowest BCUT2D eigenvalue weighted by atomic mass is 10.2. The van der Waals surface area contributed by atoms with E-state index in [-0.39, 0.29) is 24.0 Å². The predicted octanol–water partition coefficient (Wildman–Crippen LogP) is 1.84. The molecule has 0 spiro atoms. The van der Waals surface area contributed by atoms with Crippen molar-refractivity contribution in [2.45, 2.75) is 26.4 Å². The van der Waals surface area contributed by atoms with Gasteiger partial charge in [0.15, 0.2) is 5.96 Å². The molecule has 0 atom stereocenters. The summed E-state index contributed by atoms with van der Waals surface area (Å²) in [6.45, 7) is 4.91. The number of hydrogen-bond donors (Lipinski definition) is 2. The molecule has 0 unspecified atom stereocenters. The van der Waals surface area contributed by atoms with E-state index in [1.807, 2.05) is 31.3 Å². The van der Waals surface area contributed by atoms with Crippen LogP contribution in [-0.4, -0.2) is 38.1 Å². The molecule has 0 bridgehead atoms. The van der Waals surface area contributed by atoms with Gasteiger partial charge in [-0.3, -0.25) is 4.99 Å². The summed E-state index contributed by atoms with van der Waals surface area (Å²) in [5, 5.41) is 6.53. The third-order valence-electron chi connectivity index (χ3n) is 2.38. The molecule has 0 amide bonds. The minimum absolute atomic E-state index is 0. The molecule has 2 N–H and O–H groups in total. The van der Waals surface area contributed by atoms with Gasteiger partial charge < -0.3 is 15.5 Å². The Hall–Kier alpha value is -1.05. The topological polar surface area (TPSA) is 52.6 Å². The van der Waals surface area contributed by atoms with E-state index in [0.717, 1.165) is 18.3 Å². The quantitative estimate of drug-likeness (QED) is 0.478. The van der Waals surface area contributed by atoms with Crippen LogP contribution in [0.5, 0.6) is 0 Å². The molecule has 1 aromatic heterocycles. The van der Waals surface area contributed by atoms with E-state index in [1.165, 1.54) is 5.56 Å². The van der Waals surface area contributed by atoms with Crippen LogP contribution < -0.4 is 15.5 Å². The van der Waals surface area contributed by atoms with Gasteiger partial charge in [0.1, 0.15) is 5.82 Å². The second-order valence-electron chi connectivity index (χ2n) is 4.64. The molecular weight excluding hydrogens is 353 g/mol. The van der Waals surface area contributed by atoms with Crippen LogP contribution in [0.25, 0.3) is 0 Å². The van der Waals surface area contributed by atoms with Gasteiger partial charge in [-0.2, -0.15) is 0 Å². The van der Waals surface area contributed by atoms with Gasteiger partial charge in [-0.1, -0.05) is 0 Å². The summed E-state index contributed by atoms with van der Waals surface area (Å²) in [5.41, 5.74) is 1.18. The summed E-state index contributed by atoms with van der Waals surface area (Å²) in [6.07, 6.45) is 1.82. The Bertz CT molecular complexity index is 404. The van der Waals surface area contributed by atoms with Gasteiger partial charge in [0.25, 0.3) is 0 Å². The number of nitrogens with zero attached hydrogens (tertiary/aromatic N) is 3. The first-order valence-corrected chi connectivity index (χ1v) is 6.12. The normalized spacial score (nSPS) is 10.9. The van der Waals surface area contributed by atoms with Crippen LogP contribution in [0.4, 0.5) is 5.82 Å². The SMILES string of the molecule is CN=C(NCc1ccnc(N(C)C)c1)NC(C)C.I. The standard InChI is InChI=1S/C13H23N5.HI/c1-10(2)17-13(14-3)16-9-11-6-7-15-12(8-11)18(4)5;/h6-8,10H,9H2,1-5H3,(H2,14,16,17);1H. The molecule has 19 heavy (non-hydrogen) atoms. The lowest BCUT2D eigenvalue weighted by molar-refractivity contribution is 0.699. The van der Waals surface area contributed by atoms with E-state index < -0.39 is 0 Å². The third-order valence-corrected chi connectivity index (χ3v) is 2.38. The van der Waals surface area contributed by atoms with E-state index in [1.54, 1.807) is 7.05 Å².